The molecule has 0 aromatic carbocycles. The topological polar surface area (TPSA) is 109 Å². The van der Waals surface area contributed by atoms with Crippen LogP contribution in [0.2, 0.25) is 0 Å². The van der Waals surface area contributed by atoms with Gasteiger partial charge in [0, 0.05) is 13.1 Å². The molecule has 1 heterocycles. The monoisotopic (exact) mass is 284 g/mol. The summed E-state index contributed by atoms with van der Waals surface area (Å²) in [4.78, 5) is 14.4. The maximum atomic E-state index is 9.15. The molecule has 1 aromatic rings. The van der Waals surface area contributed by atoms with Gasteiger partial charge in [-0.25, -0.2) is 5.84 Å². The molecule has 0 aliphatic carbocycles. The Labute approximate surface area is 119 Å². The number of ether oxygens (including phenoxy) is 1. The zero-order valence-corrected chi connectivity index (χ0v) is 12.2. The summed E-state index contributed by atoms with van der Waals surface area (Å²) >= 11 is 0. The summed E-state index contributed by atoms with van der Waals surface area (Å²) in [7, 11) is 0. The van der Waals surface area contributed by atoms with Crippen LogP contribution in [0.1, 0.15) is 33.1 Å². The zero-order chi connectivity index (χ0) is 14.8. The van der Waals surface area contributed by atoms with Gasteiger partial charge in [-0.1, -0.05) is 20.3 Å². The average molecular weight is 284 g/mol. The minimum absolute atomic E-state index is 0.0337. The van der Waals surface area contributed by atoms with Crippen LogP contribution in [0.5, 0.6) is 6.01 Å². The first kappa shape index (κ1) is 16.4. The van der Waals surface area contributed by atoms with Gasteiger partial charge in [-0.15, -0.1) is 0 Å². The Morgan fingerprint density at radius 2 is 2.00 bits per heavy atom. The number of hydrogen-bond donors (Lipinski definition) is 3. The number of hydrazine groups is 1. The number of nitrogens with one attached hydrogen (secondary N) is 1. The SMILES string of the molecule is CCCCN(CCO)c1nc(NN)nc(OCCC)n1. The summed E-state index contributed by atoms with van der Waals surface area (Å²) in [5, 5.41) is 9.15. The molecule has 0 saturated carbocycles. The summed E-state index contributed by atoms with van der Waals surface area (Å²) in [6, 6.07) is 0.240. The van der Waals surface area contributed by atoms with E-state index in [2.05, 4.69) is 27.3 Å². The van der Waals surface area contributed by atoms with Crippen molar-refractivity contribution in [3.63, 3.8) is 0 Å². The first-order chi connectivity index (χ1) is 9.74. The van der Waals surface area contributed by atoms with E-state index >= 15 is 0 Å². The second kappa shape index (κ2) is 9.27. The van der Waals surface area contributed by atoms with E-state index in [1.807, 2.05) is 11.8 Å². The Morgan fingerprint density at radius 3 is 2.60 bits per heavy atom. The Balaban J connectivity index is 2.92. The number of aromatic nitrogens is 3. The lowest BCUT2D eigenvalue weighted by atomic mass is 10.3. The Morgan fingerprint density at radius 1 is 1.20 bits per heavy atom. The number of aliphatic hydroxyl groups excluding tert-OH is 1. The molecule has 0 aliphatic rings. The number of nitrogens with two attached hydrogens (primary N) is 1. The van der Waals surface area contributed by atoms with Crippen molar-refractivity contribution < 1.29 is 9.84 Å². The van der Waals surface area contributed by atoms with Crippen LogP contribution < -0.4 is 20.9 Å². The molecule has 0 radical (unpaired) electrons. The van der Waals surface area contributed by atoms with Gasteiger partial charge in [0.15, 0.2) is 0 Å². The number of anilines is 2. The number of hydrogen-bond acceptors (Lipinski definition) is 8. The minimum Gasteiger partial charge on any atom is -0.463 e. The van der Waals surface area contributed by atoms with Crippen molar-refractivity contribution in [2.75, 3.05) is 36.6 Å². The van der Waals surface area contributed by atoms with E-state index in [0.29, 0.717) is 19.1 Å². The maximum Gasteiger partial charge on any atom is 0.323 e. The fourth-order valence-corrected chi connectivity index (χ4v) is 1.59. The second-order valence-corrected chi connectivity index (χ2v) is 4.30. The summed E-state index contributed by atoms with van der Waals surface area (Å²) in [5.41, 5.74) is 2.41. The third-order valence-corrected chi connectivity index (χ3v) is 2.60. The highest BCUT2D eigenvalue weighted by Crippen LogP contribution is 2.15. The molecule has 0 aliphatic heterocycles. The van der Waals surface area contributed by atoms with Gasteiger partial charge in [-0.3, -0.25) is 5.43 Å². The first-order valence-corrected chi connectivity index (χ1v) is 6.96. The summed E-state index contributed by atoms with van der Waals surface area (Å²) in [5.74, 6) is 6.07. The Hall–Kier alpha value is -1.67. The number of nitrogen functional groups attached to an aromatic ring is 1. The molecule has 0 unspecified atom stereocenters. The molecule has 8 heteroatoms. The highest BCUT2D eigenvalue weighted by atomic mass is 16.5. The van der Waals surface area contributed by atoms with Crippen molar-refractivity contribution in [2.45, 2.75) is 33.1 Å². The third-order valence-electron chi connectivity index (χ3n) is 2.60. The van der Waals surface area contributed by atoms with E-state index in [4.69, 9.17) is 15.7 Å². The molecule has 0 atom stereocenters. The zero-order valence-electron chi connectivity index (χ0n) is 12.2. The smallest absolute Gasteiger partial charge is 0.323 e. The predicted molar refractivity (Wildman–Crippen MR) is 77.6 cm³/mol. The maximum absolute atomic E-state index is 9.15. The van der Waals surface area contributed by atoms with Crippen LogP contribution in [0, 0.1) is 0 Å². The van der Waals surface area contributed by atoms with Crippen molar-refractivity contribution in [3.05, 3.63) is 0 Å². The minimum atomic E-state index is 0.0337. The molecule has 1 rings (SSSR count). The van der Waals surface area contributed by atoms with Gasteiger partial charge < -0.3 is 14.7 Å². The molecular formula is C12H24N6O2. The lowest BCUT2D eigenvalue weighted by molar-refractivity contribution is 0.289. The van der Waals surface area contributed by atoms with Crippen molar-refractivity contribution in [1.29, 1.82) is 0 Å². The van der Waals surface area contributed by atoms with Crippen LogP contribution in [-0.4, -0.2) is 46.4 Å². The highest BCUT2D eigenvalue weighted by Gasteiger charge is 2.13. The molecule has 8 nitrogen and oxygen atoms in total. The van der Waals surface area contributed by atoms with E-state index in [-0.39, 0.29) is 18.6 Å². The molecule has 4 N–H and O–H groups in total. The van der Waals surface area contributed by atoms with Crippen LogP contribution in [0.4, 0.5) is 11.9 Å². The second-order valence-electron chi connectivity index (χ2n) is 4.30. The molecule has 0 amide bonds. The Kier molecular flexibility index (Phi) is 7.59. The molecule has 114 valence electrons. The Bertz CT molecular complexity index is 390. The fourth-order valence-electron chi connectivity index (χ4n) is 1.59. The lowest BCUT2D eigenvalue weighted by Crippen LogP contribution is -2.30. The number of rotatable bonds is 10. The molecule has 1 aromatic heterocycles. The van der Waals surface area contributed by atoms with Crippen LogP contribution in [0.15, 0.2) is 0 Å². The molecule has 0 bridgehead atoms. The van der Waals surface area contributed by atoms with Crippen LogP contribution in [0.25, 0.3) is 0 Å². The molecule has 20 heavy (non-hydrogen) atoms. The predicted octanol–water partition coefficient (Wildman–Crippen LogP) is 0.545. The van der Waals surface area contributed by atoms with Gasteiger partial charge >= 0.3 is 6.01 Å². The summed E-state index contributed by atoms with van der Waals surface area (Å²) < 4.78 is 5.42. The van der Waals surface area contributed by atoms with Gasteiger partial charge in [-0.05, 0) is 12.8 Å². The van der Waals surface area contributed by atoms with E-state index < -0.39 is 0 Å². The van der Waals surface area contributed by atoms with Crippen molar-refractivity contribution in [3.8, 4) is 6.01 Å². The first-order valence-electron chi connectivity index (χ1n) is 6.96. The summed E-state index contributed by atoms with van der Waals surface area (Å²) in [6.45, 7) is 5.89. The highest BCUT2D eigenvalue weighted by molar-refractivity contribution is 5.37. The third kappa shape index (κ3) is 5.14. The number of nitrogens with zero attached hydrogens (tertiary/aromatic N) is 4. The average Bonchev–Trinajstić information content (AvgIpc) is 2.49. The van der Waals surface area contributed by atoms with Gasteiger partial charge in [0.2, 0.25) is 11.9 Å². The van der Waals surface area contributed by atoms with Gasteiger partial charge in [0.25, 0.3) is 0 Å². The molecule has 0 saturated heterocycles. The summed E-state index contributed by atoms with van der Waals surface area (Å²) in [6.07, 6.45) is 2.90. The lowest BCUT2D eigenvalue weighted by Gasteiger charge is -2.21. The van der Waals surface area contributed by atoms with Crippen molar-refractivity contribution in [2.24, 2.45) is 5.84 Å². The number of aliphatic hydroxyl groups is 1. The van der Waals surface area contributed by atoms with E-state index in [1.54, 1.807) is 0 Å². The van der Waals surface area contributed by atoms with Gasteiger partial charge in [0.05, 0.1) is 13.2 Å². The normalized spacial score (nSPS) is 10.4. The molecule has 0 fully saturated rings. The van der Waals surface area contributed by atoms with E-state index in [1.165, 1.54) is 0 Å². The van der Waals surface area contributed by atoms with Crippen molar-refractivity contribution in [1.82, 2.24) is 15.0 Å². The van der Waals surface area contributed by atoms with E-state index in [0.717, 1.165) is 25.8 Å². The van der Waals surface area contributed by atoms with Gasteiger partial charge in [-0.2, -0.15) is 15.0 Å². The fraction of sp³-hybridized carbons (Fsp3) is 0.750. The van der Waals surface area contributed by atoms with Crippen LogP contribution in [-0.2, 0) is 0 Å². The largest absolute Gasteiger partial charge is 0.463 e. The molecular weight excluding hydrogens is 260 g/mol. The standard InChI is InChI=1S/C12H24N6O2/c1-3-5-6-18(7-8-19)11-14-10(17-13)15-12(16-11)20-9-4-2/h19H,3-9,13H2,1-2H3,(H,14,15,16,17). The van der Waals surface area contributed by atoms with Gasteiger partial charge in [0.1, 0.15) is 0 Å². The van der Waals surface area contributed by atoms with E-state index in [9.17, 15) is 0 Å². The van der Waals surface area contributed by atoms with Crippen LogP contribution >= 0.6 is 0 Å². The quantitative estimate of drug-likeness (QED) is 0.422. The molecule has 0 spiro atoms. The van der Waals surface area contributed by atoms with Crippen molar-refractivity contribution >= 4 is 11.9 Å². The van der Waals surface area contributed by atoms with Crippen LogP contribution in [0.3, 0.4) is 0 Å². The number of unbranched alkanes of at least 4 members (excludes halogenated alkanes) is 1.